The maximum atomic E-state index is 14.8. The molecular formula is C23H19Cl2F2N5O2. The van der Waals surface area contributed by atoms with E-state index >= 15 is 0 Å². The summed E-state index contributed by atoms with van der Waals surface area (Å²) in [4.78, 5) is 23.7. The summed E-state index contributed by atoms with van der Waals surface area (Å²) < 4.78 is 36.3. The Kier molecular flexibility index (Phi) is 5.87. The molecule has 0 radical (unpaired) electrons. The Balaban J connectivity index is 1.68. The highest BCUT2D eigenvalue weighted by Crippen LogP contribution is 2.38. The van der Waals surface area contributed by atoms with E-state index in [-0.39, 0.29) is 44.7 Å². The molecule has 0 N–H and O–H groups in total. The third kappa shape index (κ3) is 3.68. The third-order valence-electron chi connectivity index (χ3n) is 6.02. The molecule has 0 unspecified atom stereocenters. The van der Waals surface area contributed by atoms with E-state index in [0.29, 0.717) is 24.6 Å². The number of hydrogen-bond donors (Lipinski definition) is 0. The quantitative estimate of drug-likeness (QED) is 0.520. The Morgan fingerprint density at radius 2 is 1.88 bits per heavy atom. The molecule has 11 heteroatoms. The van der Waals surface area contributed by atoms with Crippen LogP contribution in [-0.4, -0.2) is 57.6 Å². The fourth-order valence-electron chi connectivity index (χ4n) is 4.28. The molecule has 0 saturated carbocycles. The van der Waals surface area contributed by atoms with Gasteiger partial charge in [-0.2, -0.15) is 0 Å². The van der Waals surface area contributed by atoms with E-state index in [2.05, 4.69) is 15.1 Å². The van der Waals surface area contributed by atoms with Gasteiger partial charge in [0.05, 0.1) is 33.1 Å². The van der Waals surface area contributed by atoms with Crippen LogP contribution in [0, 0.1) is 11.6 Å². The average molecular weight is 506 g/mol. The number of likely N-dealkylation sites (tertiary alicyclic amines) is 1. The maximum absolute atomic E-state index is 14.8. The van der Waals surface area contributed by atoms with Crippen molar-refractivity contribution in [3.63, 3.8) is 0 Å². The maximum Gasteiger partial charge on any atom is 0.293 e. The van der Waals surface area contributed by atoms with Gasteiger partial charge in [-0.1, -0.05) is 29.3 Å². The van der Waals surface area contributed by atoms with Gasteiger partial charge in [-0.05, 0) is 37.6 Å². The number of amides is 1. The number of aliphatic imine (C=N–C) groups is 1. The van der Waals surface area contributed by atoms with Gasteiger partial charge < -0.3 is 9.64 Å². The van der Waals surface area contributed by atoms with Gasteiger partial charge in [-0.15, -0.1) is 5.10 Å². The van der Waals surface area contributed by atoms with Crippen molar-refractivity contribution >= 4 is 34.8 Å². The lowest BCUT2D eigenvalue weighted by Crippen LogP contribution is -2.31. The Morgan fingerprint density at radius 1 is 1.15 bits per heavy atom. The number of benzene rings is 2. The van der Waals surface area contributed by atoms with Crippen molar-refractivity contribution in [2.24, 2.45) is 4.99 Å². The molecule has 2 atom stereocenters. The monoisotopic (exact) mass is 505 g/mol. The minimum atomic E-state index is -0.793. The van der Waals surface area contributed by atoms with Crippen molar-refractivity contribution < 1.29 is 18.3 Å². The summed E-state index contributed by atoms with van der Waals surface area (Å²) in [5.74, 6) is -1.60. The van der Waals surface area contributed by atoms with Gasteiger partial charge in [0.2, 0.25) is 5.82 Å². The highest BCUT2D eigenvalue weighted by Gasteiger charge is 2.34. The molecular weight excluding hydrogens is 487 g/mol. The smallest absolute Gasteiger partial charge is 0.293 e. The van der Waals surface area contributed by atoms with Crippen molar-refractivity contribution in [1.82, 2.24) is 19.7 Å². The zero-order chi connectivity index (χ0) is 24.1. The fraction of sp³-hybridized carbons (Fsp3) is 0.304. The van der Waals surface area contributed by atoms with Gasteiger partial charge in [-0.3, -0.25) is 9.79 Å². The van der Waals surface area contributed by atoms with E-state index in [0.717, 1.165) is 18.6 Å². The minimum absolute atomic E-state index is 0.00624. The molecule has 0 aliphatic carbocycles. The molecule has 176 valence electrons. The number of fused-ring (bicyclic) bond motifs is 3. The molecule has 3 aromatic rings. The summed E-state index contributed by atoms with van der Waals surface area (Å²) in [6, 6.07) is 6.02. The molecule has 3 heterocycles. The second kappa shape index (κ2) is 8.72. The van der Waals surface area contributed by atoms with E-state index in [1.54, 1.807) is 31.1 Å². The predicted molar refractivity (Wildman–Crippen MR) is 123 cm³/mol. The van der Waals surface area contributed by atoms with Crippen molar-refractivity contribution in [1.29, 1.82) is 0 Å². The number of halogens is 4. The normalized spacial score (nSPS) is 19.5. The molecule has 2 aliphatic rings. The summed E-state index contributed by atoms with van der Waals surface area (Å²) >= 11 is 12.8. The van der Waals surface area contributed by atoms with Gasteiger partial charge in [0.1, 0.15) is 17.7 Å². The third-order valence-corrected chi connectivity index (χ3v) is 6.83. The summed E-state index contributed by atoms with van der Waals surface area (Å²) in [7, 11) is 1.61. The first-order chi connectivity index (χ1) is 16.3. The van der Waals surface area contributed by atoms with Gasteiger partial charge in [0.15, 0.2) is 5.82 Å². The van der Waals surface area contributed by atoms with Crippen molar-refractivity contribution in [3.05, 3.63) is 74.8 Å². The molecule has 0 spiro atoms. The first-order valence-electron chi connectivity index (χ1n) is 10.6. The van der Waals surface area contributed by atoms with Gasteiger partial charge in [-0.25, -0.2) is 18.4 Å². The number of nitrogens with zero attached hydrogens (tertiary/aromatic N) is 5. The average Bonchev–Trinajstić information content (AvgIpc) is 3.45. The Hall–Kier alpha value is -2.88. The largest absolute Gasteiger partial charge is 0.380 e. The molecule has 34 heavy (non-hydrogen) atoms. The molecule has 1 amide bonds. The van der Waals surface area contributed by atoms with E-state index in [9.17, 15) is 13.6 Å². The van der Waals surface area contributed by atoms with Crippen LogP contribution in [0.25, 0.3) is 5.69 Å². The Labute approximate surface area is 204 Å². The number of hydrogen-bond acceptors (Lipinski definition) is 5. The van der Waals surface area contributed by atoms with Crippen LogP contribution in [0.5, 0.6) is 0 Å². The van der Waals surface area contributed by atoms with Crippen LogP contribution in [0.15, 0.2) is 35.3 Å². The Bertz CT molecular complexity index is 1320. The van der Waals surface area contributed by atoms with E-state index in [1.807, 2.05) is 0 Å². The lowest BCUT2D eigenvalue weighted by molar-refractivity contribution is 0.0713. The number of carbonyl (C=O) groups is 1. The molecule has 1 saturated heterocycles. The van der Waals surface area contributed by atoms with Gasteiger partial charge >= 0.3 is 0 Å². The number of methoxy groups -OCH3 is 1. The van der Waals surface area contributed by atoms with Crippen molar-refractivity contribution in [3.8, 4) is 5.69 Å². The van der Waals surface area contributed by atoms with Crippen LogP contribution in [0.1, 0.15) is 47.0 Å². The van der Waals surface area contributed by atoms with E-state index in [1.165, 1.54) is 10.7 Å². The predicted octanol–water partition coefficient (Wildman–Crippen LogP) is 4.63. The lowest BCUT2D eigenvalue weighted by atomic mass is 9.99. The highest BCUT2D eigenvalue weighted by atomic mass is 35.5. The number of rotatable bonds is 3. The van der Waals surface area contributed by atoms with Gasteiger partial charge in [0.25, 0.3) is 5.91 Å². The molecule has 2 aromatic carbocycles. The van der Waals surface area contributed by atoms with Gasteiger partial charge in [0, 0.05) is 25.8 Å². The van der Waals surface area contributed by atoms with E-state index < -0.39 is 17.7 Å². The van der Waals surface area contributed by atoms with Crippen LogP contribution in [-0.2, 0) is 4.74 Å². The fourth-order valence-corrected chi connectivity index (χ4v) is 4.69. The van der Waals surface area contributed by atoms with Crippen LogP contribution in [0.3, 0.4) is 0 Å². The molecule has 1 aromatic heterocycles. The summed E-state index contributed by atoms with van der Waals surface area (Å²) in [5.41, 5.74) is 0.226. The number of carbonyl (C=O) groups excluding carboxylic acids is 1. The topological polar surface area (TPSA) is 72.6 Å². The van der Waals surface area contributed by atoms with Crippen LogP contribution in [0.4, 0.5) is 8.78 Å². The van der Waals surface area contributed by atoms with E-state index in [4.69, 9.17) is 27.9 Å². The minimum Gasteiger partial charge on any atom is -0.380 e. The van der Waals surface area contributed by atoms with Crippen molar-refractivity contribution in [2.75, 3.05) is 20.2 Å². The van der Waals surface area contributed by atoms with Crippen LogP contribution >= 0.6 is 23.2 Å². The first-order valence-corrected chi connectivity index (χ1v) is 11.4. The molecule has 7 nitrogen and oxygen atoms in total. The molecule has 0 bridgehead atoms. The van der Waals surface area contributed by atoms with Crippen LogP contribution in [0.2, 0.25) is 10.0 Å². The highest BCUT2D eigenvalue weighted by molar-refractivity contribution is 6.45. The second-order valence-electron chi connectivity index (χ2n) is 8.11. The van der Waals surface area contributed by atoms with Crippen LogP contribution < -0.4 is 0 Å². The molecule has 2 aliphatic heterocycles. The number of aromatic nitrogens is 3. The summed E-state index contributed by atoms with van der Waals surface area (Å²) in [6.45, 7) is 2.68. The summed E-state index contributed by atoms with van der Waals surface area (Å²) in [6.07, 6.45) is 0.693. The SMILES string of the molecule is CO[C@@H]1CCN(C(=O)c2nc3n(n2)-c2ccc(Cl)c(Cl)c2C(c2c(F)cccc2F)=N[C@H]3C)C1. The lowest BCUT2D eigenvalue weighted by Gasteiger charge is -2.15. The molecule has 5 rings (SSSR count). The van der Waals surface area contributed by atoms with Crippen molar-refractivity contribution in [2.45, 2.75) is 25.5 Å². The zero-order valence-electron chi connectivity index (χ0n) is 18.2. The second-order valence-corrected chi connectivity index (χ2v) is 8.89. The molecule has 1 fully saturated rings. The standard InChI is InChI=1S/C23H19Cl2F2N5O2/c1-11-22-29-21(23(33)31-9-8-12(10-31)34-2)30-32(22)16-7-6-13(24)19(25)18(16)20(28-11)17-14(26)4-3-5-15(17)27/h3-7,11-12H,8-10H2,1-2H3/t11-,12+/m0/s1. The number of ether oxygens (including phenoxy) is 1. The zero-order valence-corrected chi connectivity index (χ0v) is 19.7. The first kappa shape index (κ1) is 22.9. The summed E-state index contributed by atoms with van der Waals surface area (Å²) in [5, 5.41) is 4.69. The Morgan fingerprint density at radius 3 is 2.56 bits per heavy atom.